The molecular formula is C25H25N3O3S. The number of hydrogen-bond donors (Lipinski definition) is 1. The topological polar surface area (TPSA) is 83.7 Å². The van der Waals surface area contributed by atoms with Gasteiger partial charge in [-0.25, -0.2) is 4.99 Å². The molecule has 0 saturated carbocycles. The quantitative estimate of drug-likeness (QED) is 0.423. The minimum absolute atomic E-state index is 0.0814. The van der Waals surface area contributed by atoms with E-state index < -0.39 is 0 Å². The van der Waals surface area contributed by atoms with Gasteiger partial charge >= 0.3 is 0 Å². The van der Waals surface area contributed by atoms with Gasteiger partial charge in [0.25, 0.3) is 5.91 Å². The van der Waals surface area contributed by atoms with E-state index in [9.17, 15) is 4.79 Å². The van der Waals surface area contributed by atoms with Gasteiger partial charge in [0.05, 0.1) is 17.2 Å². The van der Waals surface area contributed by atoms with Crippen molar-refractivity contribution >= 4 is 34.6 Å². The summed E-state index contributed by atoms with van der Waals surface area (Å²) in [6.45, 7) is 8.14. The lowest BCUT2D eigenvalue weighted by Gasteiger charge is -2.15. The Morgan fingerprint density at radius 3 is 2.66 bits per heavy atom. The number of carbonyl (C=O) groups excluding carboxylic acids is 1. The van der Waals surface area contributed by atoms with E-state index in [2.05, 4.69) is 23.8 Å². The van der Waals surface area contributed by atoms with E-state index in [0.717, 1.165) is 23.2 Å². The molecule has 1 amide bonds. The highest BCUT2D eigenvalue weighted by atomic mass is 32.2. The van der Waals surface area contributed by atoms with Crippen LogP contribution in [0.4, 0.5) is 5.69 Å². The zero-order valence-corrected chi connectivity index (χ0v) is 19.0. The van der Waals surface area contributed by atoms with Crippen LogP contribution < -0.4 is 14.8 Å². The van der Waals surface area contributed by atoms with E-state index in [0.29, 0.717) is 34.6 Å². The molecule has 32 heavy (non-hydrogen) atoms. The number of thioether (sulfide) groups is 1. The van der Waals surface area contributed by atoms with E-state index >= 15 is 0 Å². The highest BCUT2D eigenvalue weighted by Crippen LogP contribution is 2.36. The van der Waals surface area contributed by atoms with Gasteiger partial charge in [-0.15, -0.1) is 6.58 Å². The molecule has 0 spiro atoms. The van der Waals surface area contributed by atoms with E-state index in [-0.39, 0.29) is 12.5 Å². The lowest BCUT2D eigenvalue weighted by molar-refractivity contribution is -0.115. The van der Waals surface area contributed by atoms with E-state index in [4.69, 9.17) is 14.7 Å². The molecule has 0 aliphatic carbocycles. The number of benzene rings is 2. The molecule has 1 aliphatic rings. The SMILES string of the molecule is C=CCc1cc(/C=C2\SC(=Nc3ccc(CC)cc3)NC2=O)cc(OCC)c1OCC#N. The summed E-state index contributed by atoms with van der Waals surface area (Å²) >= 11 is 1.29. The van der Waals surface area contributed by atoms with Gasteiger partial charge in [0.15, 0.2) is 23.3 Å². The molecule has 7 heteroatoms. The number of aryl methyl sites for hydroxylation is 1. The highest BCUT2D eigenvalue weighted by Gasteiger charge is 2.24. The maximum Gasteiger partial charge on any atom is 0.264 e. The standard InChI is InChI=1S/C25H25N3O3S/c1-4-7-19-14-18(15-21(30-6-3)23(19)31-13-12-26)16-22-24(29)28-25(32-22)27-20-10-8-17(5-2)9-11-20/h4,8-11,14-16H,1,5-7,13H2,2-3H3,(H,27,28,29)/b22-16-. The summed E-state index contributed by atoms with van der Waals surface area (Å²) in [5.74, 6) is 0.853. The number of hydrogen-bond acceptors (Lipinski definition) is 6. The molecule has 1 N–H and O–H groups in total. The molecule has 1 fully saturated rings. The van der Waals surface area contributed by atoms with Crippen molar-refractivity contribution in [3.63, 3.8) is 0 Å². The van der Waals surface area contributed by atoms with Gasteiger partial charge in [-0.3, -0.25) is 4.79 Å². The van der Waals surface area contributed by atoms with Gasteiger partial charge < -0.3 is 14.8 Å². The zero-order valence-electron chi connectivity index (χ0n) is 18.2. The first-order valence-electron chi connectivity index (χ1n) is 10.4. The van der Waals surface area contributed by atoms with Crippen LogP contribution in [0.1, 0.15) is 30.5 Å². The molecular weight excluding hydrogens is 422 g/mol. The molecule has 0 unspecified atom stereocenters. The predicted molar refractivity (Wildman–Crippen MR) is 129 cm³/mol. The Kier molecular flexibility index (Phi) is 8.12. The summed E-state index contributed by atoms with van der Waals surface area (Å²) in [5.41, 5.74) is 3.65. The van der Waals surface area contributed by atoms with Crippen molar-refractivity contribution in [1.29, 1.82) is 5.26 Å². The number of allylic oxidation sites excluding steroid dienone is 1. The lowest BCUT2D eigenvalue weighted by atomic mass is 10.0. The highest BCUT2D eigenvalue weighted by molar-refractivity contribution is 8.18. The largest absolute Gasteiger partial charge is 0.490 e. The minimum Gasteiger partial charge on any atom is -0.490 e. The molecule has 1 heterocycles. The number of nitriles is 1. The van der Waals surface area contributed by atoms with Crippen LogP contribution in [0.3, 0.4) is 0 Å². The second-order valence-corrected chi connectivity index (χ2v) is 7.91. The summed E-state index contributed by atoms with van der Waals surface area (Å²) in [5, 5.41) is 12.3. The number of rotatable bonds is 9. The van der Waals surface area contributed by atoms with Crippen LogP contribution in [0, 0.1) is 11.3 Å². The normalized spacial score (nSPS) is 15.5. The maximum absolute atomic E-state index is 12.5. The first kappa shape index (κ1) is 23.2. The molecule has 164 valence electrons. The molecule has 0 bridgehead atoms. The number of amides is 1. The number of aliphatic imine (C=N–C) groups is 1. The van der Waals surface area contributed by atoms with Crippen LogP contribution in [-0.2, 0) is 17.6 Å². The Morgan fingerprint density at radius 1 is 1.22 bits per heavy atom. The van der Waals surface area contributed by atoms with Crippen LogP contribution in [-0.4, -0.2) is 24.3 Å². The van der Waals surface area contributed by atoms with Crippen LogP contribution >= 0.6 is 11.8 Å². The Morgan fingerprint density at radius 2 is 2.00 bits per heavy atom. The number of amidine groups is 1. The van der Waals surface area contributed by atoms with Crippen molar-refractivity contribution in [2.24, 2.45) is 4.99 Å². The van der Waals surface area contributed by atoms with Gasteiger partial charge in [0, 0.05) is 5.56 Å². The fraction of sp³-hybridized carbons (Fsp3) is 0.240. The van der Waals surface area contributed by atoms with Gasteiger partial charge in [0.1, 0.15) is 6.07 Å². The van der Waals surface area contributed by atoms with Gasteiger partial charge in [0.2, 0.25) is 0 Å². The third-order valence-corrected chi connectivity index (χ3v) is 5.53. The number of nitrogens with one attached hydrogen (secondary N) is 1. The van der Waals surface area contributed by atoms with Crippen molar-refractivity contribution in [3.8, 4) is 17.6 Å². The molecule has 0 aromatic heterocycles. The zero-order chi connectivity index (χ0) is 22.9. The smallest absolute Gasteiger partial charge is 0.264 e. The monoisotopic (exact) mass is 447 g/mol. The third-order valence-electron chi connectivity index (χ3n) is 4.62. The molecule has 1 aliphatic heterocycles. The Balaban J connectivity index is 1.90. The van der Waals surface area contributed by atoms with Crippen molar-refractivity contribution in [1.82, 2.24) is 5.32 Å². The van der Waals surface area contributed by atoms with Gasteiger partial charge in [-0.2, -0.15) is 5.26 Å². The summed E-state index contributed by atoms with van der Waals surface area (Å²) < 4.78 is 11.4. The third kappa shape index (κ3) is 5.80. The van der Waals surface area contributed by atoms with E-state index in [1.54, 1.807) is 12.2 Å². The molecule has 0 radical (unpaired) electrons. The maximum atomic E-state index is 12.5. The number of ether oxygens (including phenoxy) is 2. The van der Waals surface area contributed by atoms with Crippen LogP contribution in [0.25, 0.3) is 6.08 Å². The number of nitrogens with zero attached hydrogens (tertiary/aromatic N) is 2. The first-order valence-corrected chi connectivity index (χ1v) is 11.2. The molecule has 2 aromatic rings. The summed E-state index contributed by atoms with van der Waals surface area (Å²) in [6.07, 6.45) is 5.06. The van der Waals surface area contributed by atoms with Crippen molar-refractivity contribution in [2.45, 2.75) is 26.7 Å². The first-order chi connectivity index (χ1) is 15.6. The van der Waals surface area contributed by atoms with E-state index in [1.165, 1.54) is 17.3 Å². The van der Waals surface area contributed by atoms with Crippen LogP contribution in [0.5, 0.6) is 11.5 Å². The summed E-state index contributed by atoms with van der Waals surface area (Å²) in [7, 11) is 0. The Hall–Kier alpha value is -3.50. The van der Waals surface area contributed by atoms with Crippen LogP contribution in [0.15, 0.2) is 59.0 Å². The minimum atomic E-state index is -0.202. The second kappa shape index (κ2) is 11.2. The number of carbonyl (C=O) groups is 1. The van der Waals surface area contributed by atoms with Gasteiger partial charge in [-0.05, 0) is 73.0 Å². The molecule has 3 rings (SSSR count). The fourth-order valence-electron chi connectivity index (χ4n) is 3.16. The van der Waals surface area contributed by atoms with Crippen molar-refractivity contribution < 1.29 is 14.3 Å². The summed E-state index contributed by atoms with van der Waals surface area (Å²) in [4.78, 5) is 17.6. The van der Waals surface area contributed by atoms with Crippen molar-refractivity contribution in [2.75, 3.05) is 13.2 Å². The molecule has 0 atom stereocenters. The second-order valence-electron chi connectivity index (χ2n) is 6.88. The van der Waals surface area contributed by atoms with Gasteiger partial charge in [-0.1, -0.05) is 25.1 Å². The predicted octanol–water partition coefficient (Wildman–Crippen LogP) is 5.17. The van der Waals surface area contributed by atoms with Crippen LogP contribution in [0.2, 0.25) is 0 Å². The van der Waals surface area contributed by atoms with Crippen molar-refractivity contribution in [3.05, 3.63) is 70.6 Å². The van der Waals surface area contributed by atoms with E-state index in [1.807, 2.05) is 49.4 Å². The average Bonchev–Trinajstić information content (AvgIpc) is 3.12. The Labute approximate surface area is 192 Å². The molecule has 1 saturated heterocycles. The molecule has 6 nitrogen and oxygen atoms in total. The Bertz CT molecular complexity index is 1100. The average molecular weight is 448 g/mol. The molecule has 2 aromatic carbocycles. The lowest BCUT2D eigenvalue weighted by Crippen LogP contribution is -2.19. The summed E-state index contributed by atoms with van der Waals surface area (Å²) in [6, 6.07) is 13.6. The fourth-order valence-corrected chi connectivity index (χ4v) is 4.00.